The molecule has 1 aromatic carbocycles. The van der Waals surface area contributed by atoms with Gasteiger partial charge in [-0.1, -0.05) is 18.2 Å². The van der Waals surface area contributed by atoms with Crippen LogP contribution in [0.5, 0.6) is 0 Å². The normalized spacial score (nSPS) is 20.9. The molecule has 3 nitrogen and oxygen atoms in total. The average molecular weight is 206 g/mol. The fraction of sp³-hybridized carbons (Fsp3) is 0.500. The molecule has 0 radical (unpaired) electrons. The molecule has 0 saturated heterocycles. The quantitative estimate of drug-likeness (QED) is 0.766. The minimum absolute atomic E-state index is 0.143. The molecule has 1 aliphatic heterocycles. The van der Waals surface area contributed by atoms with Gasteiger partial charge in [-0.05, 0) is 24.5 Å². The van der Waals surface area contributed by atoms with Gasteiger partial charge in [-0.2, -0.15) is 0 Å². The lowest BCUT2D eigenvalue weighted by Gasteiger charge is -2.24. The molecule has 0 saturated carbocycles. The Kier molecular flexibility index (Phi) is 3.23. The van der Waals surface area contributed by atoms with Crippen molar-refractivity contribution in [3.05, 3.63) is 29.8 Å². The zero-order valence-corrected chi connectivity index (χ0v) is 8.89. The second kappa shape index (κ2) is 4.64. The maximum absolute atomic E-state index is 9.03. The van der Waals surface area contributed by atoms with Crippen LogP contribution in [0.4, 0.5) is 5.69 Å². The number of β-amino-alcohol motifs (C(OH)–C–C–N with tert-alkyl or cyclic N) is 1. The van der Waals surface area contributed by atoms with Gasteiger partial charge in [-0.15, -0.1) is 0 Å². The topological polar surface area (TPSA) is 49.5 Å². The molecule has 1 atom stereocenters. The lowest BCUT2D eigenvalue weighted by molar-refractivity contribution is 0.302. The summed E-state index contributed by atoms with van der Waals surface area (Å²) in [5.41, 5.74) is 8.52. The second-order valence-corrected chi connectivity index (χ2v) is 4.02. The van der Waals surface area contributed by atoms with Crippen molar-refractivity contribution < 1.29 is 5.11 Å². The van der Waals surface area contributed by atoms with Gasteiger partial charge in [0.2, 0.25) is 0 Å². The minimum Gasteiger partial charge on any atom is -0.395 e. The average Bonchev–Trinajstić information content (AvgIpc) is 2.41. The molecule has 1 aliphatic rings. The summed E-state index contributed by atoms with van der Waals surface area (Å²) in [4.78, 5) is 2.22. The van der Waals surface area contributed by atoms with Gasteiger partial charge in [0.05, 0.1) is 6.61 Å². The molecule has 0 aromatic heterocycles. The molecule has 15 heavy (non-hydrogen) atoms. The standard InChI is InChI=1S/C12H18N2O/c13-11-5-3-7-14(8-9-15)12-6-2-1-4-10(11)12/h1-2,4,6,11,15H,3,5,7-9,13H2. The van der Waals surface area contributed by atoms with Crippen LogP contribution in [0.1, 0.15) is 24.4 Å². The number of nitrogens with two attached hydrogens (primary N) is 1. The Morgan fingerprint density at radius 2 is 2.20 bits per heavy atom. The van der Waals surface area contributed by atoms with Crippen molar-refractivity contribution in [1.82, 2.24) is 0 Å². The van der Waals surface area contributed by atoms with E-state index in [1.165, 1.54) is 11.3 Å². The van der Waals surface area contributed by atoms with Crippen LogP contribution >= 0.6 is 0 Å². The van der Waals surface area contributed by atoms with Gasteiger partial charge in [0, 0.05) is 24.8 Å². The number of para-hydroxylation sites is 1. The van der Waals surface area contributed by atoms with E-state index in [0.717, 1.165) is 19.4 Å². The first-order valence-electron chi connectivity index (χ1n) is 5.53. The Hall–Kier alpha value is -1.06. The highest BCUT2D eigenvalue weighted by Crippen LogP contribution is 2.30. The van der Waals surface area contributed by atoms with Crippen molar-refractivity contribution in [2.24, 2.45) is 5.73 Å². The first kappa shape index (κ1) is 10.5. The van der Waals surface area contributed by atoms with E-state index in [2.05, 4.69) is 17.0 Å². The lowest BCUT2D eigenvalue weighted by atomic mass is 10.0. The fourth-order valence-electron chi connectivity index (χ4n) is 2.22. The van der Waals surface area contributed by atoms with Crippen molar-refractivity contribution >= 4 is 5.69 Å². The molecule has 0 fully saturated rings. The van der Waals surface area contributed by atoms with Crippen LogP contribution in [-0.2, 0) is 0 Å². The largest absolute Gasteiger partial charge is 0.395 e. The van der Waals surface area contributed by atoms with Gasteiger partial charge in [0.25, 0.3) is 0 Å². The number of benzene rings is 1. The fourth-order valence-corrected chi connectivity index (χ4v) is 2.22. The van der Waals surface area contributed by atoms with Crippen LogP contribution in [0.3, 0.4) is 0 Å². The van der Waals surface area contributed by atoms with E-state index in [-0.39, 0.29) is 12.6 Å². The van der Waals surface area contributed by atoms with Crippen LogP contribution < -0.4 is 10.6 Å². The summed E-state index contributed by atoms with van der Waals surface area (Å²) >= 11 is 0. The minimum atomic E-state index is 0.143. The van der Waals surface area contributed by atoms with Crippen molar-refractivity contribution in [2.75, 3.05) is 24.6 Å². The zero-order chi connectivity index (χ0) is 10.7. The first-order valence-corrected chi connectivity index (χ1v) is 5.53. The molecule has 82 valence electrons. The molecule has 0 amide bonds. The van der Waals surface area contributed by atoms with Crippen molar-refractivity contribution in [1.29, 1.82) is 0 Å². The molecule has 1 unspecified atom stereocenters. The predicted molar refractivity (Wildman–Crippen MR) is 61.9 cm³/mol. The molecule has 0 bridgehead atoms. The number of aliphatic hydroxyl groups excluding tert-OH is 1. The summed E-state index contributed by atoms with van der Waals surface area (Å²) < 4.78 is 0. The van der Waals surface area contributed by atoms with Crippen molar-refractivity contribution in [3.8, 4) is 0 Å². The predicted octanol–water partition coefficient (Wildman–Crippen LogP) is 1.28. The number of hydrogen-bond acceptors (Lipinski definition) is 3. The highest BCUT2D eigenvalue weighted by molar-refractivity contribution is 5.55. The highest BCUT2D eigenvalue weighted by atomic mass is 16.3. The number of rotatable bonds is 2. The van der Waals surface area contributed by atoms with E-state index < -0.39 is 0 Å². The lowest BCUT2D eigenvalue weighted by Crippen LogP contribution is -2.27. The number of aliphatic hydroxyl groups is 1. The molecule has 0 aliphatic carbocycles. The summed E-state index contributed by atoms with van der Waals surface area (Å²) in [6, 6.07) is 8.39. The Morgan fingerprint density at radius 1 is 1.40 bits per heavy atom. The number of hydrogen-bond donors (Lipinski definition) is 2. The molecule has 3 heteroatoms. The zero-order valence-electron chi connectivity index (χ0n) is 8.89. The van der Waals surface area contributed by atoms with E-state index in [1.54, 1.807) is 0 Å². The summed E-state index contributed by atoms with van der Waals surface area (Å²) in [6.07, 6.45) is 2.12. The molecular weight excluding hydrogens is 188 g/mol. The smallest absolute Gasteiger partial charge is 0.0606 e. The summed E-state index contributed by atoms with van der Waals surface area (Å²) in [7, 11) is 0. The molecule has 3 N–H and O–H groups in total. The molecular formula is C12H18N2O. The van der Waals surface area contributed by atoms with E-state index in [0.29, 0.717) is 6.54 Å². The monoisotopic (exact) mass is 206 g/mol. The summed E-state index contributed by atoms with van der Waals surface area (Å²) in [5, 5.41) is 9.03. The van der Waals surface area contributed by atoms with Gasteiger partial charge in [0.1, 0.15) is 0 Å². The van der Waals surface area contributed by atoms with Crippen LogP contribution in [0.2, 0.25) is 0 Å². The maximum atomic E-state index is 9.03. The number of fused-ring (bicyclic) bond motifs is 1. The van der Waals surface area contributed by atoms with Gasteiger partial charge in [-0.3, -0.25) is 0 Å². The molecule has 1 aromatic rings. The molecule has 2 rings (SSSR count). The Balaban J connectivity index is 2.34. The van der Waals surface area contributed by atoms with Crippen LogP contribution in [0.25, 0.3) is 0 Å². The Bertz CT molecular complexity index is 327. The van der Waals surface area contributed by atoms with Crippen LogP contribution in [0.15, 0.2) is 24.3 Å². The highest BCUT2D eigenvalue weighted by Gasteiger charge is 2.19. The third-order valence-electron chi connectivity index (χ3n) is 2.99. The first-order chi connectivity index (χ1) is 7.33. The van der Waals surface area contributed by atoms with Gasteiger partial charge < -0.3 is 15.7 Å². The van der Waals surface area contributed by atoms with Gasteiger partial charge in [0.15, 0.2) is 0 Å². The summed E-state index contributed by atoms with van der Waals surface area (Å²) in [5.74, 6) is 0. The molecule has 1 heterocycles. The third-order valence-corrected chi connectivity index (χ3v) is 2.99. The van der Waals surface area contributed by atoms with E-state index in [1.807, 2.05) is 12.1 Å². The van der Waals surface area contributed by atoms with E-state index >= 15 is 0 Å². The van der Waals surface area contributed by atoms with E-state index in [4.69, 9.17) is 10.8 Å². The second-order valence-electron chi connectivity index (χ2n) is 4.02. The summed E-state index contributed by atoms with van der Waals surface area (Å²) in [6.45, 7) is 1.89. The number of nitrogens with zero attached hydrogens (tertiary/aromatic N) is 1. The third kappa shape index (κ3) is 2.13. The van der Waals surface area contributed by atoms with Gasteiger partial charge >= 0.3 is 0 Å². The van der Waals surface area contributed by atoms with Gasteiger partial charge in [-0.25, -0.2) is 0 Å². The van der Waals surface area contributed by atoms with Crippen molar-refractivity contribution in [3.63, 3.8) is 0 Å². The van der Waals surface area contributed by atoms with Crippen LogP contribution in [0, 0.1) is 0 Å². The number of anilines is 1. The molecule has 0 spiro atoms. The Morgan fingerprint density at radius 3 is 3.00 bits per heavy atom. The van der Waals surface area contributed by atoms with Crippen LogP contribution in [-0.4, -0.2) is 24.8 Å². The maximum Gasteiger partial charge on any atom is 0.0606 e. The Labute approximate surface area is 90.5 Å². The van der Waals surface area contributed by atoms with E-state index in [9.17, 15) is 0 Å². The SMILES string of the molecule is NC1CCCN(CCO)c2ccccc21. The van der Waals surface area contributed by atoms with Crippen molar-refractivity contribution in [2.45, 2.75) is 18.9 Å².